The van der Waals surface area contributed by atoms with Crippen molar-refractivity contribution >= 4 is 10.8 Å². The van der Waals surface area contributed by atoms with Crippen LogP contribution >= 0.6 is 0 Å². The molecule has 118 valence electrons. The summed E-state index contributed by atoms with van der Waals surface area (Å²) in [5, 5.41) is 2.57. The van der Waals surface area contributed by atoms with Gasteiger partial charge in [-0.25, -0.2) is 0 Å². The summed E-state index contributed by atoms with van der Waals surface area (Å²) in [6.07, 6.45) is 2.09. The summed E-state index contributed by atoms with van der Waals surface area (Å²) in [5.74, 6) is 0.358. The number of ether oxygens (including phenoxy) is 2. The molecule has 1 saturated heterocycles. The van der Waals surface area contributed by atoms with Crippen LogP contribution in [0.2, 0.25) is 0 Å². The Bertz CT molecular complexity index is 628. The van der Waals surface area contributed by atoms with E-state index in [1.54, 1.807) is 7.11 Å². The number of aryl methyl sites for hydroxylation is 1. The van der Waals surface area contributed by atoms with Gasteiger partial charge >= 0.3 is 0 Å². The lowest BCUT2D eigenvalue weighted by molar-refractivity contribution is -0.108. The third-order valence-electron chi connectivity index (χ3n) is 4.75. The lowest BCUT2D eigenvalue weighted by Gasteiger charge is -2.39. The minimum Gasteiger partial charge on any atom is -0.379 e. The van der Waals surface area contributed by atoms with Crippen molar-refractivity contribution in [2.24, 2.45) is 11.7 Å². The molecule has 1 aliphatic heterocycles. The van der Waals surface area contributed by atoms with E-state index in [0.717, 1.165) is 19.4 Å². The van der Waals surface area contributed by atoms with Crippen LogP contribution in [0.1, 0.15) is 18.9 Å². The van der Waals surface area contributed by atoms with Crippen LogP contribution in [-0.2, 0) is 15.9 Å². The van der Waals surface area contributed by atoms with Gasteiger partial charge in [0.25, 0.3) is 0 Å². The molecule has 4 atom stereocenters. The lowest BCUT2D eigenvalue weighted by atomic mass is 9.89. The highest BCUT2D eigenvalue weighted by Gasteiger charge is 2.35. The van der Waals surface area contributed by atoms with E-state index in [1.807, 2.05) is 0 Å². The summed E-state index contributed by atoms with van der Waals surface area (Å²) >= 11 is 0. The van der Waals surface area contributed by atoms with Crippen molar-refractivity contribution in [3.05, 3.63) is 48.0 Å². The Morgan fingerprint density at radius 3 is 2.73 bits per heavy atom. The van der Waals surface area contributed by atoms with Gasteiger partial charge in [-0.15, -0.1) is 0 Å². The predicted molar refractivity (Wildman–Crippen MR) is 89.9 cm³/mol. The largest absolute Gasteiger partial charge is 0.379 e. The molecule has 3 rings (SSSR count). The van der Waals surface area contributed by atoms with Gasteiger partial charge in [0.1, 0.15) is 0 Å². The van der Waals surface area contributed by atoms with E-state index < -0.39 is 0 Å². The molecule has 0 bridgehead atoms. The van der Waals surface area contributed by atoms with E-state index in [4.69, 9.17) is 15.2 Å². The quantitative estimate of drug-likeness (QED) is 0.943. The number of hydrogen-bond acceptors (Lipinski definition) is 3. The Hall–Kier alpha value is -1.42. The summed E-state index contributed by atoms with van der Waals surface area (Å²) in [5.41, 5.74) is 7.66. The van der Waals surface area contributed by atoms with Crippen molar-refractivity contribution in [3.63, 3.8) is 0 Å². The predicted octanol–water partition coefficient (Wildman–Crippen LogP) is 3.15. The van der Waals surface area contributed by atoms with E-state index in [1.165, 1.54) is 16.3 Å². The van der Waals surface area contributed by atoms with Crippen LogP contribution in [0.3, 0.4) is 0 Å². The molecule has 0 aromatic heterocycles. The van der Waals surface area contributed by atoms with Crippen LogP contribution in [0.5, 0.6) is 0 Å². The third-order valence-corrected chi connectivity index (χ3v) is 4.75. The summed E-state index contributed by atoms with van der Waals surface area (Å²) in [6.45, 7) is 2.86. The van der Waals surface area contributed by atoms with Gasteiger partial charge in [-0.1, -0.05) is 49.4 Å². The Kier molecular flexibility index (Phi) is 4.77. The number of nitrogens with two attached hydrogens (primary N) is 1. The topological polar surface area (TPSA) is 44.5 Å². The average molecular weight is 299 g/mol. The number of rotatable bonds is 4. The molecule has 22 heavy (non-hydrogen) atoms. The van der Waals surface area contributed by atoms with E-state index >= 15 is 0 Å². The summed E-state index contributed by atoms with van der Waals surface area (Å²) in [6, 6.07) is 15.1. The molecule has 0 amide bonds. The molecular weight excluding hydrogens is 274 g/mol. The number of methoxy groups -OCH3 is 1. The fraction of sp³-hybridized carbons (Fsp3) is 0.474. The zero-order valence-corrected chi connectivity index (χ0v) is 13.4. The normalized spacial score (nSPS) is 28.9. The second-order valence-electron chi connectivity index (χ2n) is 6.35. The van der Waals surface area contributed by atoms with Crippen LogP contribution in [0.25, 0.3) is 10.8 Å². The van der Waals surface area contributed by atoms with E-state index in [0.29, 0.717) is 5.92 Å². The van der Waals surface area contributed by atoms with Crippen LogP contribution in [-0.4, -0.2) is 32.0 Å². The minimum atomic E-state index is -0.0470. The van der Waals surface area contributed by atoms with Crippen molar-refractivity contribution in [2.45, 2.75) is 38.0 Å². The van der Waals surface area contributed by atoms with Gasteiger partial charge in [0.05, 0.1) is 24.9 Å². The van der Waals surface area contributed by atoms with E-state index in [2.05, 4.69) is 49.4 Å². The van der Waals surface area contributed by atoms with Crippen LogP contribution in [0.15, 0.2) is 42.5 Å². The van der Waals surface area contributed by atoms with E-state index in [9.17, 15) is 0 Å². The van der Waals surface area contributed by atoms with Crippen molar-refractivity contribution in [3.8, 4) is 0 Å². The molecule has 1 heterocycles. The highest BCUT2D eigenvalue weighted by atomic mass is 16.5. The van der Waals surface area contributed by atoms with Gasteiger partial charge in [-0.05, 0) is 29.2 Å². The Morgan fingerprint density at radius 1 is 1.18 bits per heavy atom. The summed E-state index contributed by atoms with van der Waals surface area (Å²) < 4.78 is 11.5. The van der Waals surface area contributed by atoms with Gasteiger partial charge in [-0.3, -0.25) is 0 Å². The first kappa shape index (κ1) is 15.5. The monoisotopic (exact) mass is 299 g/mol. The maximum atomic E-state index is 6.33. The van der Waals surface area contributed by atoms with E-state index in [-0.39, 0.29) is 18.2 Å². The Balaban J connectivity index is 1.66. The van der Waals surface area contributed by atoms with Crippen LogP contribution in [0, 0.1) is 5.92 Å². The lowest BCUT2D eigenvalue weighted by Crippen LogP contribution is -2.55. The molecule has 2 aromatic carbocycles. The molecule has 0 radical (unpaired) electrons. The molecule has 2 N–H and O–H groups in total. The Morgan fingerprint density at radius 2 is 1.95 bits per heavy atom. The first-order chi connectivity index (χ1) is 10.7. The fourth-order valence-electron chi connectivity index (χ4n) is 3.44. The first-order valence-electron chi connectivity index (χ1n) is 8.06. The molecule has 3 heteroatoms. The Labute approximate surface area is 132 Å². The molecule has 1 fully saturated rings. The standard InChI is InChI=1S/C19H25NO2/c1-13-12-22-17(18(20)19(13)21-2)10-8-14-7-9-15-5-3-4-6-16(15)11-14/h3-7,9,11,13,17-19H,8,10,12,20H2,1-2H3/t13-,17-,18-,19-/m0/s1. The van der Waals surface area contributed by atoms with Gasteiger partial charge in [0.2, 0.25) is 0 Å². The second kappa shape index (κ2) is 6.78. The van der Waals surface area contributed by atoms with Gasteiger partial charge in [-0.2, -0.15) is 0 Å². The first-order valence-corrected chi connectivity index (χ1v) is 8.06. The number of fused-ring (bicyclic) bond motifs is 1. The molecule has 0 spiro atoms. The minimum absolute atomic E-state index is 0.0470. The zero-order chi connectivity index (χ0) is 15.5. The molecule has 0 aliphatic carbocycles. The molecule has 1 aliphatic rings. The van der Waals surface area contributed by atoms with Gasteiger partial charge in [0, 0.05) is 13.0 Å². The SMILES string of the molecule is CO[C@@H]1[C@@H](N)[C@H](CCc2ccc3ccccc3c2)OC[C@@H]1C. The highest BCUT2D eigenvalue weighted by Crippen LogP contribution is 2.24. The van der Waals surface area contributed by atoms with Crippen LogP contribution < -0.4 is 5.73 Å². The third kappa shape index (κ3) is 3.17. The number of hydrogen-bond donors (Lipinski definition) is 1. The highest BCUT2D eigenvalue weighted by molar-refractivity contribution is 5.82. The maximum absolute atomic E-state index is 6.33. The smallest absolute Gasteiger partial charge is 0.0794 e. The summed E-state index contributed by atoms with van der Waals surface area (Å²) in [4.78, 5) is 0. The molecule has 2 aromatic rings. The van der Waals surface area contributed by atoms with Crippen molar-refractivity contribution < 1.29 is 9.47 Å². The average Bonchev–Trinajstić information content (AvgIpc) is 2.54. The van der Waals surface area contributed by atoms with Crippen molar-refractivity contribution in [1.82, 2.24) is 0 Å². The van der Waals surface area contributed by atoms with Crippen LogP contribution in [0.4, 0.5) is 0 Å². The summed E-state index contributed by atoms with van der Waals surface area (Å²) in [7, 11) is 1.74. The molecule has 0 unspecified atom stereocenters. The molecular formula is C19H25NO2. The van der Waals surface area contributed by atoms with Gasteiger partial charge < -0.3 is 15.2 Å². The van der Waals surface area contributed by atoms with Gasteiger partial charge in [0.15, 0.2) is 0 Å². The second-order valence-corrected chi connectivity index (χ2v) is 6.35. The number of benzene rings is 2. The zero-order valence-electron chi connectivity index (χ0n) is 13.4. The maximum Gasteiger partial charge on any atom is 0.0794 e. The molecule has 3 nitrogen and oxygen atoms in total. The van der Waals surface area contributed by atoms with Crippen molar-refractivity contribution in [1.29, 1.82) is 0 Å². The van der Waals surface area contributed by atoms with Crippen molar-refractivity contribution in [2.75, 3.05) is 13.7 Å². The molecule has 0 saturated carbocycles. The fourth-order valence-corrected chi connectivity index (χ4v) is 3.44.